The SMILES string of the molecule is O=C(NC1CCS(=O)(=O)C1)C1CC(c2ccccc2)NN1. The number of sulfone groups is 1. The summed E-state index contributed by atoms with van der Waals surface area (Å²) in [7, 11) is -2.97. The van der Waals surface area contributed by atoms with Crippen LogP contribution in [0.25, 0.3) is 0 Å². The standard InChI is InChI=1S/C14H19N3O3S/c18-14(15-11-6-7-21(19,20)9-11)13-8-12(16-17-13)10-4-2-1-3-5-10/h1-5,11-13,16-17H,6-9H2,(H,15,18). The number of nitrogens with one attached hydrogen (secondary N) is 3. The average Bonchev–Trinajstić information content (AvgIpc) is 3.07. The van der Waals surface area contributed by atoms with Crippen molar-refractivity contribution in [3.05, 3.63) is 35.9 Å². The molecule has 3 atom stereocenters. The van der Waals surface area contributed by atoms with Crippen LogP contribution in [0.5, 0.6) is 0 Å². The van der Waals surface area contributed by atoms with Gasteiger partial charge in [0.2, 0.25) is 5.91 Å². The molecule has 0 bridgehead atoms. The molecule has 2 aliphatic heterocycles. The van der Waals surface area contributed by atoms with Crippen LogP contribution in [-0.2, 0) is 14.6 Å². The van der Waals surface area contributed by atoms with Gasteiger partial charge in [0.1, 0.15) is 6.04 Å². The molecule has 7 heteroatoms. The van der Waals surface area contributed by atoms with Gasteiger partial charge in [-0.25, -0.2) is 19.3 Å². The van der Waals surface area contributed by atoms with Crippen LogP contribution in [0.15, 0.2) is 30.3 Å². The van der Waals surface area contributed by atoms with Gasteiger partial charge in [-0.2, -0.15) is 0 Å². The second-order valence-corrected chi connectivity index (χ2v) is 7.88. The molecule has 3 unspecified atom stereocenters. The normalized spacial score (nSPS) is 31.1. The van der Waals surface area contributed by atoms with Crippen LogP contribution in [0.2, 0.25) is 0 Å². The van der Waals surface area contributed by atoms with Crippen molar-refractivity contribution in [1.82, 2.24) is 16.2 Å². The first-order valence-corrected chi connectivity index (χ1v) is 8.92. The Labute approximate surface area is 124 Å². The number of carbonyl (C=O) groups excluding carboxylic acids is 1. The molecule has 0 saturated carbocycles. The van der Waals surface area contributed by atoms with E-state index in [0.717, 1.165) is 5.56 Å². The summed E-state index contributed by atoms with van der Waals surface area (Å²) in [5.74, 6) is 0.0881. The first kappa shape index (κ1) is 14.5. The largest absolute Gasteiger partial charge is 0.351 e. The molecule has 2 fully saturated rings. The van der Waals surface area contributed by atoms with Crippen LogP contribution in [0.3, 0.4) is 0 Å². The molecule has 1 aromatic rings. The molecule has 3 N–H and O–H groups in total. The molecule has 1 amide bonds. The Bertz CT molecular complexity index is 618. The lowest BCUT2D eigenvalue weighted by Crippen LogP contribution is -2.47. The zero-order valence-electron chi connectivity index (χ0n) is 11.6. The first-order chi connectivity index (χ1) is 10.0. The molecular weight excluding hydrogens is 290 g/mol. The number of hydrogen-bond donors (Lipinski definition) is 3. The fourth-order valence-corrected chi connectivity index (χ4v) is 4.52. The second-order valence-electron chi connectivity index (χ2n) is 5.65. The summed E-state index contributed by atoms with van der Waals surface area (Å²) in [6.07, 6.45) is 1.16. The smallest absolute Gasteiger partial charge is 0.238 e. The van der Waals surface area contributed by atoms with E-state index in [-0.39, 0.29) is 35.5 Å². The van der Waals surface area contributed by atoms with Crippen LogP contribution >= 0.6 is 0 Å². The summed E-state index contributed by atoms with van der Waals surface area (Å²) in [6, 6.07) is 9.43. The van der Waals surface area contributed by atoms with Gasteiger partial charge in [-0.1, -0.05) is 30.3 Å². The summed E-state index contributed by atoms with van der Waals surface area (Å²) in [5.41, 5.74) is 7.23. The number of amides is 1. The molecule has 3 rings (SSSR count). The van der Waals surface area contributed by atoms with Gasteiger partial charge in [-0.15, -0.1) is 0 Å². The Morgan fingerprint density at radius 3 is 2.62 bits per heavy atom. The molecule has 1 aromatic carbocycles. The van der Waals surface area contributed by atoms with Crippen LogP contribution in [0.4, 0.5) is 0 Å². The number of rotatable bonds is 3. The highest BCUT2D eigenvalue weighted by Crippen LogP contribution is 2.22. The third-order valence-corrected chi connectivity index (χ3v) is 5.77. The molecular formula is C14H19N3O3S. The van der Waals surface area contributed by atoms with Gasteiger partial charge in [-0.3, -0.25) is 4.79 Å². The van der Waals surface area contributed by atoms with Crippen molar-refractivity contribution >= 4 is 15.7 Å². The molecule has 0 aliphatic carbocycles. The summed E-state index contributed by atoms with van der Waals surface area (Å²) >= 11 is 0. The highest BCUT2D eigenvalue weighted by Gasteiger charge is 2.34. The minimum absolute atomic E-state index is 0.0566. The Balaban J connectivity index is 1.55. The van der Waals surface area contributed by atoms with Crippen molar-refractivity contribution in [3.8, 4) is 0 Å². The average molecular weight is 309 g/mol. The highest BCUT2D eigenvalue weighted by molar-refractivity contribution is 7.91. The van der Waals surface area contributed by atoms with Gasteiger partial charge in [0.25, 0.3) is 0 Å². The number of benzene rings is 1. The van der Waals surface area contributed by atoms with Gasteiger partial charge in [-0.05, 0) is 18.4 Å². The maximum atomic E-state index is 12.2. The van der Waals surface area contributed by atoms with Crippen molar-refractivity contribution in [2.24, 2.45) is 0 Å². The predicted octanol–water partition coefficient (Wildman–Crippen LogP) is -0.102. The fourth-order valence-electron chi connectivity index (χ4n) is 2.84. The van der Waals surface area contributed by atoms with Crippen LogP contribution in [-0.4, -0.2) is 37.9 Å². The van der Waals surface area contributed by atoms with E-state index in [4.69, 9.17) is 0 Å². The lowest BCUT2D eigenvalue weighted by molar-refractivity contribution is -0.123. The molecule has 2 saturated heterocycles. The topological polar surface area (TPSA) is 87.3 Å². The van der Waals surface area contributed by atoms with Crippen molar-refractivity contribution in [2.75, 3.05) is 11.5 Å². The highest BCUT2D eigenvalue weighted by atomic mass is 32.2. The monoisotopic (exact) mass is 309 g/mol. The second kappa shape index (κ2) is 5.75. The fraction of sp³-hybridized carbons (Fsp3) is 0.500. The van der Waals surface area contributed by atoms with E-state index in [1.165, 1.54) is 0 Å². The summed E-state index contributed by atoms with van der Waals surface area (Å²) < 4.78 is 22.8. The molecule has 6 nitrogen and oxygen atoms in total. The third kappa shape index (κ3) is 3.42. The molecule has 0 radical (unpaired) electrons. The summed E-state index contributed by atoms with van der Waals surface area (Å²) in [6.45, 7) is 0. The Hall–Kier alpha value is -1.44. The van der Waals surface area contributed by atoms with Gasteiger partial charge >= 0.3 is 0 Å². The number of hydrogen-bond acceptors (Lipinski definition) is 5. The van der Waals surface area contributed by atoms with Gasteiger partial charge < -0.3 is 5.32 Å². The minimum Gasteiger partial charge on any atom is -0.351 e. The van der Waals surface area contributed by atoms with E-state index in [1.54, 1.807) is 0 Å². The minimum atomic E-state index is -2.97. The number of hydrazine groups is 1. The molecule has 21 heavy (non-hydrogen) atoms. The van der Waals surface area contributed by atoms with Crippen molar-refractivity contribution in [3.63, 3.8) is 0 Å². The van der Waals surface area contributed by atoms with E-state index in [2.05, 4.69) is 16.2 Å². The van der Waals surface area contributed by atoms with Gasteiger partial charge in [0.15, 0.2) is 9.84 Å². The van der Waals surface area contributed by atoms with Crippen LogP contribution < -0.4 is 16.2 Å². The van der Waals surface area contributed by atoms with E-state index in [1.807, 2.05) is 30.3 Å². The lowest BCUT2D eigenvalue weighted by Gasteiger charge is -2.14. The zero-order chi connectivity index (χ0) is 14.9. The maximum Gasteiger partial charge on any atom is 0.238 e. The van der Waals surface area contributed by atoms with Gasteiger partial charge in [0, 0.05) is 12.1 Å². The Kier molecular flexibility index (Phi) is 3.97. The van der Waals surface area contributed by atoms with Gasteiger partial charge in [0.05, 0.1) is 11.5 Å². The van der Waals surface area contributed by atoms with E-state index >= 15 is 0 Å². The summed E-state index contributed by atoms with van der Waals surface area (Å²) in [5, 5.41) is 2.83. The van der Waals surface area contributed by atoms with E-state index in [0.29, 0.717) is 12.8 Å². The molecule has 114 valence electrons. The van der Waals surface area contributed by atoms with Crippen LogP contribution in [0.1, 0.15) is 24.4 Å². The summed E-state index contributed by atoms with van der Waals surface area (Å²) in [4.78, 5) is 12.2. The maximum absolute atomic E-state index is 12.2. The van der Waals surface area contributed by atoms with Crippen LogP contribution in [0, 0.1) is 0 Å². The lowest BCUT2D eigenvalue weighted by atomic mass is 10.0. The van der Waals surface area contributed by atoms with E-state index in [9.17, 15) is 13.2 Å². The van der Waals surface area contributed by atoms with Crippen molar-refractivity contribution < 1.29 is 13.2 Å². The van der Waals surface area contributed by atoms with Crippen molar-refractivity contribution in [2.45, 2.75) is 31.0 Å². The first-order valence-electron chi connectivity index (χ1n) is 7.10. The number of carbonyl (C=O) groups is 1. The van der Waals surface area contributed by atoms with E-state index < -0.39 is 9.84 Å². The van der Waals surface area contributed by atoms with Crippen molar-refractivity contribution in [1.29, 1.82) is 0 Å². The third-order valence-electron chi connectivity index (χ3n) is 4.00. The molecule has 0 spiro atoms. The Morgan fingerprint density at radius 2 is 1.95 bits per heavy atom. The zero-order valence-corrected chi connectivity index (χ0v) is 12.4. The molecule has 0 aromatic heterocycles. The molecule has 2 aliphatic rings. The quantitative estimate of drug-likeness (QED) is 0.726. The molecule has 2 heterocycles. The predicted molar refractivity (Wildman–Crippen MR) is 79.1 cm³/mol. The Morgan fingerprint density at radius 1 is 1.19 bits per heavy atom.